The summed E-state index contributed by atoms with van der Waals surface area (Å²) in [6.45, 7) is 1.31. The third kappa shape index (κ3) is 9.08. The largest absolute Gasteiger partial charge is 0.445 e. The van der Waals surface area contributed by atoms with E-state index < -0.39 is 72.2 Å². The number of hydrogen-bond donors (Lipinski definition) is 6. The highest BCUT2D eigenvalue weighted by molar-refractivity contribution is 5.98. The van der Waals surface area contributed by atoms with Crippen LogP contribution in [0.2, 0.25) is 0 Å². The van der Waals surface area contributed by atoms with E-state index in [9.17, 15) is 34.2 Å². The summed E-state index contributed by atoms with van der Waals surface area (Å²) in [6, 6.07) is 12.7. The van der Waals surface area contributed by atoms with Crippen molar-refractivity contribution in [3.05, 3.63) is 71.8 Å². The number of nitrogens with one attached hydrogen (secondary N) is 2. The smallest absolute Gasteiger partial charge is 0.408 e. The van der Waals surface area contributed by atoms with Crippen molar-refractivity contribution in [2.24, 2.45) is 17.4 Å². The molecule has 0 saturated carbocycles. The number of carbonyl (C=O) groups excluding carboxylic acids is 5. The SMILES string of the molecule is C[C@@H](CO)NC(=O)[C@@H]1CCCN1C(=O)C(O)[C@@H](C(=O)[C@H](CC(N)=O)NC(=O)OCc1ccccc1)C(N)c1ccccc1. The second kappa shape index (κ2) is 15.8. The Bertz CT molecular complexity index is 1260. The van der Waals surface area contributed by atoms with Gasteiger partial charge < -0.3 is 42.0 Å². The summed E-state index contributed by atoms with van der Waals surface area (Å²) < 4.78 is 5.20. The van der Waals surface area contributed by atoms with E-state index in [-0.39, 0.29) is 19.8 Å². The number of ketones is 1. The molecule has 232 valence electrons. The minimum Gasteiger partial charge on any atom is -0.445 e. The van der Waals surface area contributed by atoms with Crippen LogP contribution in [-0.4, -0.2) is 82.1 Å². The van der Waals surface area contributed by atoms with Crippen LogP contribution >= 0.6 is 0 Å². The fourth-order valence-corrected chi connectivity index (χ4v) is 4.99. The van der Waals surface area contributed by atoms with Gasteiger partial charge in [0, 0.05) is 18.6 Å². The van der Waals surface area contributed by atoms with Crippen molar-refractivity contribution in [1.29, 1.82) is 0 Å². The average Bonchev–Trinajstić information content (AvgIpc) is 3.50. The number of hydrogen-bond acceptors (Lipinski definition) is 9. The Kier molecular flexibility index (Phi) is 12.2. The van der Waals surface area contributed by atoms with Crippen LogP contribution in [0.1, 0.15) is 43.4 Å². The molecule has 43 heavy (non-hydrogen) atoms. The molecule has 8 N–H and O–H groups in total. The standard InChI is InChI=1S/C30H39N5O8/c1-18(16-36)33-28(40)22-13-8-14-35(22)29(41)27(39)24(25(32)20-11-6-3-7-12-20)26(38)21(15-23(31)37)34-30(42)43-17-19-9-4-2-5-10-19/h2-7,9-12,18,21-22,24-25,27,36,39H,8,13-17,32H2,1H3,(H2,31,37)(H,33,40)(H,34,42)/t18-,21-,22-,24+,25?,27?/m0/s1. The van der Waals surface area contributed by atoms with E-state index in [0.29, 0.717) is 24.0 Å². The van der Waals surface area contributed by atoms with Crippen LogP contribution in [0.15, 0.2) is 60.7 Å². The normalized spacial score (nSPS) is 18.0. The Morgan fingerprint density at radius 3 is 2.26 bits per heavy atom. The number of carbonyl (C=O) groups is 5. The molecular formula is C30H39N5O8. The maximum absolute atomic E-state index is 14.0. The number of rotatable bonds is 14. The summed E-state index contributed by atoms with van der Waals surface area (Å²) in [4.78, 5) is 66.2. The van der Waals surface area contributed by atoms with Crippen molar-refractivity contribution in [1.82, 2.24) is 15.5 Å². The zero-order valence-electron chi connectivity index (χ0n) is 23.9. The van der Waals surface area contributed by atoms with E-state index in [4.69, 9.17) is 16.2 Å². The number of nitrogens with two attached hydrogens (primary N) is 2. The molecule has 1 aliphatic rings. The molecule has 0 radical (unpaired) electrons. The first-order chi connectivity index (χ1) is 20.5. The quantitative estimate of drug-likeness (QED) is 0.171. The van der Waals surface area contributed by atoms with E-state index in [1.807, 2.05) is 0 Å². The van der Waals surface area contributed by atoms with Gasteiger partial charge in [0.25, 0.3) is 5.91 Å². The van der Waals surface area contributed by atoms with E-state index in [2.05, 4.69) is 10.6 Å². The van der Waals surface area contributed by atoms with Crippen LogP contribution in [0.5, 0.6) is 0 Å². The first-order valence-electron chi connectivity index (χ1n) is 14.0. The number of aliphatic hydroxyl groups is 2. The number of alkyl carbamates (subject to hydrolysis) is 1. The molecule has 2 aromatic carbocycles. The molecule has 2 unspecified atom stereocenters. The highest BCUT2D eigenvalue weighted by Gasteiger charge is 2.45. The monoisotopic (exact) mass is 597 g/mol. The maximum atomic E-state index is 14.0. The second-order valence-corrected chi connectivity index (χ2v) is 10.5. The number of Topliss-reactive ketones (excluding diaryl/α,β-unsaturated/α-hetero) is 1. The number of likely N-dealkylation sites (tertiary alicyclic amines) is 1. The number of nitrogens with zero attached hydrogens (tertiary/aromatic N) is 1. The van der Waals surface area contributed by atoms with Gasteiger partial charge in [-0.1, -0.05) is 60.7 Å². The van der Waals surface area contributed by atoms with E-state index >= 15 is 0 Å². The predicted octanol–water partition coefficient (Wildman–Crippen LogP) is -0.109. The van der Waals surface area contributed by atoms with Crippen molar-refractivity contribution in [3.8, 4) is 0 Å². The Hall–Kier alpha value is -4.33. The summed E-state index contributed by atoms with van der Waals surface area (Å²) >= 11 is 0. The zero-order chi connectivity index (χ0) is 31.5. The van der Waals surface area contributed by atoms with Crippen molar-refractivity contribution in [3.63, 3.8) is 0 Å². The lowest BCUT2D eigenvalue weighted by molar-refractivity contribution is -0.151. The molecule has 3 rings (SSSR count). The number of aliphatic hydroxyl groups excluding tert-OH is 2. The molecule has 1 fully saturated rings. The second-order valence-electron chi connectivity index (χ2n) is 10.5. The molecule has 1 saturated heterocycles. The molecule has 13 nitrogen and oxygen atoms in total. The van der Waals surface area contributed by atoms with Gasteiger partial charge in [-0.3, -0.25) is 19.2 Å². The molecule has 1 heterocycles. The van der Waals surface area contributed by atoms with Gasteiger partial charge in [0.2, 0.25) is 11.8 Å². The molecule has 0 spiro atoms. The van der Waals surface area contributed by atoms with Crippen molar-refractivity contribution >= 4 is 29.6 Å². The lowest BCUT2D eigenvalue weighted by Crippen LogP contribution is -2.56. The molecule has 4 amide bonds. The summed E-state index contributed by atoms with van der Waals surface area (Å²) in [6.07, 6.45) is -2.93. The van der Waals surface area contributed by atoms with Gasteiger partial charge in [-0.25, -0.2) is 4.79 Å². The minimum absolute atomic E-state index is 0.120. The minimum atomic E-state index is -2.04. The summed E-state index contributed by atoms with van der Waals surface area (Å²) in [7, 11) is 0. The molecule has 0 bridgehead atoms. The fourth-order valence-electron chi connectivity index (χ4n) is 4.99. The van der Waals surface area contributed by atoms with Gasteiger partial charge in [-0.2, -0.15) is 0 Å². The summed E-state index contributed by atoms with van der Waals surface area (Å²) in [5, 5.41) is 25.7. The molecule has 13 heteroatoms. The highest BCUT2D eigenvalue weighted by Crippen LogP contribution is 2.29. The van der Waals surface area contributed by atoms with Crippen LogP contribution < -0.4 is 22.1 Å². The van der Waals surface area contributed by atoms with Crippen LogP contribution in [0.4, 0.5) is 4.79 Å². The number of primary amides is 1. The molecule has 0 aliphatic carbocycles. The van der Waals surface area contributed by atoms with E-state index in [1.165, 1.54) is 4.90 Å². The Morgan fingerprint density at radius 1 is 1.02 bits per heavy atom. The topological polar surface area (TPSA) is 214 Å². The van der Waals surface area contributed by atoms with Crippen molar-refractivity contribution < 1.29 is 38.9 Å². The first-order valence-corrected chi connectivity index (χ1v) is 14.0. The number of ether oxygens (including phenoxy) is 1. The molecule has 0 aromatic heterocycles. The van der Waals surface area contributed by atoms with Gasteiger partial charge in [-0.05, 0) is 30.9 Å². The molecule has 1 aliphatic heterocycles. The van der Waals surface area contributed by atoms with Gasteiger partial charge in [0.15, 0.2) is 5.78 Å². The van der Waals surface area contributed by atoms with Crippen molar-refractivity contribution in [2.45, 2.75) is 63.1 Å². The van der Waals surface area contributed by atoms with Gasteiger partial charge in [0.1, 0.15) is 24.8 Å². The fraction of sp³-hybridized carbons (Fsp3) is 0.433. The Balaban J connectivity index is 1.87. The summed E-state index contributed by atoms with van der Waals surface area (Å²) in [5.41, 5.74) is 12.9. The van der Waals surface area contributed by atoms with Crippen LogP contribution in [-0.2, 0) is 30.5 Å². The number of amides is 4. The lowest BCUT2D eigenvalue weighted by atomic mass is 9.81. The third-order valence-corrected chi connectivity index (χ3v) is 7.25. The van der Waals surface area contributed by atoms with Crippen LogP contribution in [0, 0.1) is 5.92 Å². The third-order valence-electron chi connectivity index (χ3n) is 7.25. The zero-order valence-corrected chi connectivity index (χ0v) is 23.9. The Labute approximate surface area is 249 Å². The molecular weight excluding hydrogens is 558 g/mol. The predicted molar refractivity (Wildman–Crippen MR) is 155 cm³/mol. The van der Waals surface area contributed by atoms with Gasteiger partial charge >= 0.3 is 6.09 Å². The van der Waals surface area contributed by atoms with E-state index in [1.54, 1.807) is 67.6 Å². The van der Waals surface area contributed by atoms with Gasteiger partial charge in [-0.15, -0.1) is 0 Å². The highest BCUT2D eigenvalue weighted by atomic mass is 16.5. The molecule has 2 aromatic rings. The van der Waals surface area contributed by atoms with Crippen LogP contribution in [0.25, 0.3) is 0 Å². The van der Waals surface area contributed by atoms with Crippen LogP contribution in [0.3, 0.4) is 0 Å². The van der Waals surface area contributed by atoms with Crippen molar-refractivity contribution in [2.75, 3.05) is 13.2 Å². The summed E-state index contributed by atoms with van der Waals surface area (Å²) in [5.74, 6) is -4.91. The molecule has 6 atom stereocenters. The van der Waals surface area contributed by atoms with E-state index in [0.717, 1.165) is 0 Å². The Morgan fingerprint density at radius 2 is 1.65 bits per heavy atom. The lowest BCUT2D eigenvalue weighted by Gasteiger charge is -2.33. The number of benzene rings is 2. The first kappa shape index (κ1) is 33.2. The maximum Gasteiger partial charge on any atom is 0.408 e. The van der Waals surface area contributed by atoms with Gasteiger partial charge in [0.05, 0.1) is 18.9 Å². The average molecular weight is 598 g/mol.